The molecule has 1 aromatic carbocycles. The topological polar surface area (TPSA) is 135 Å². The molecule has 2 heterocycles. The molecule has 1 fully saturated rings. The van der Waals surface area contributed by atoms with Gasteiger partial charge < -0.3 is 23.8 Å². The standard InChI is InChI=1S/C22H25NO10S/c1-29-15-10-14-13(16(30-2)17(15)31-3)7-9-23-19(25)18(33-34(5,27)28)21(20(26)32-4)8-6-12(24)11-22(14,21)23/h6,8,10,18H,7,9,11H2,1-5H3/t18-,21+,22-/m1/s1. The Bertz CT molecular complexity index is 1220. The zero-order valence-electron chi connectivity index (χ0n) is 19.4. The minimum absolute atomic E-state index is 0.0706. The first-order valence-corrected chi connectivity index (χ1v) is 12.2. The molecule has 0 saturated carbocycles. The quantitative estimate of drug-likeness (QED) is 0.402. The molecule has 0 unspecified atom stereocenters. The third-order valence-electron chi connectivity index (χ3n) is 6.77. The third kappa shape index (κ3) is 2.97. The fraction of sp³-hybridized carbons (Fsp3) is 0.500. The number of ketones is 1. The van der Waals surface area contributed by atoms with Gasteiger partial charge in [-0.2, -0.15) is 8.42 Å². The van der Waals surface area contributed by atoms with Gasteiger partial charge in [0.05, 0.1) is 40.2 Å². The van der Waals surface area contributed by atoms with Crippen LogP contribution in [0.2, 0.25) is 0 Å². The summed E-state index contributed by atoms with van der Waals surface area (Å²) in [6.07, 6.45) is 1.38. The van der Waals surface area contributed by atoms with Crippen molar-refractivity contribution in [2.24, 2.45) is 5.41 Å². The Morgan fingerprint density at radius 1 is 1.09 bits per heavy atom. The molecule has 12 heteroatoms. The Morgan fingerprint density at radius 2 is 1.76 bits per heavy atom. The molecular formula is C22H25NO10S. The van der Waals surface area contributed by atoms with Crippen LogP contribution < -0.4 is 14.2 Å². The van der Waals surface area contributed by atoms with Gasteiger partial charge in [0.1, 0.15) is 0 Å². The van der Waals surface area contributed by atoms with Crippen LogP contribution in [0.5, 0.6) is 17.2 Å². The predicted molar refractivity (Wildman–Crippen MR) is 116 cm³/mol. The summed E-state index contributed by atoms with van der Waals surface area (Å²) in [5.74, 6) is -1.14. The van der Waals surface area contributed by atoms with Crippen LogP contribution in [-0.4, -0.2) is 78.3 Å². The summed E-state index contributed by atoms with van der Waals surface area (Å²) in [4.78, 5) is 41.3. The van der Waals surface area contributed by atoms with E-state index in [1.54, 1.807) is 6.07 Å². The number of rotatable bonds is 6. The zero-order chi connectivity index (χ0) is 25.1. The van der Waals surface area contributed by atoms with Gasteiger partial charge in [-0.1, -0.05) is 6.08 Å². The lowest BCUT2D eigenvalue weighted by Crippen LogP contribution is -2.61. The summed E-state index contributed by atoms with van der Waals surface area (Å²) in [7, 11) is 1.24. The van der Waals surface area contributed by atoms with Gasteiger partial charge >= 0.3 is 5.97 Å². The van der Waals surface area contributed by atoms with E-state index in [0.29, 0.717) is 22.6 Å². The lowest BCUT2D eigenvalue weighted by atomic mass is 9.58. The first-order chi connectivity index (χ1) is 16.0. The molecule has 1 aromatic rings. The smallest absolute Gasteiger partial charge is 0.321 e. The maximum absolute atomic E-state index is 13.6. The Kier molecular flexibility index (Phi) is 5.64. The summed E-state index contributed by atoms with van der Waals surface area (Å²) >= 11 is 0. The number of carbonyl (C=O) groups excluding carboxylic acids is 3. The van der Waals surface area contributed by atoms with Crippen molar-refractivity contribution in [1.82, 2.24) is 4.90 Å². The first-order valence-electron chi connectivity index (χ1n) is 10.3. The summed E-state index contributed by atoms with van der Waals surface area (Å²) in [5, 5.41) is 0. The Labute approximate surface area is 196 Å². The molecule has 2 aliphatic heterocycles. The molecule has 1 aliphatic carbocycles. The van der Waals surface area contributed by atoms with E-state index in [9.17, 15) is 22.8 Å². The highest BCUT2D eigenvalue weighted by Gasteiger charge is 2.76. The van der Waals surface area contributed by atoms with E-state index >= 15 is 0 Å². The maximum atomic E-state index is 13.6. The molecule has 0 radical (unpaired) electrons. The van der Waals surface area contributed by atoms with Crippen LogP contribution in [0, 0.1) is 5.41 Å². The van der Waals surface area contributed by atoms with Crippen molar-refractivity contribution in [3.8, 4) is 17.2 Å². The van der Waals surface area contributed by atoms with Gasteiger partial charge in [0, 0.05) is 18.5 Å². The molecular weight excluding hydrogens is 470 g/mol. The number of hydrogen-bond acceptors (Lipinski definition) is 10. The second kappa shape index (κ2) is 7.98. The van der Waals surface area contributed by atoms with E-state index in [0.717, 1.165) is 19.4 Å². The SMILES string of the molecule is COC(=O)[C@@]12C=CC(=O)C[C@@]13c1cc(OC)c(OC)c(OC)c1CCN3C(=O)[C@H]2OS(C)(=O)=O. The van der Waals surface area contributed by atoms with Crippen molar-refractivity contribution in [2.75, 3.05) is 41.2 Å². The van der Waals surface area contributed by atoms with Crippen LogP contribution in [0.15, 0.2) is 18.2 Å². The molecule has 0 aromatic heterocycles. The normalized spacial score (nSPS) is 27.6. The highest BCUT2D eigenvalue weighted by atomic mass is 32.2. The average molecular weight is 496 g/mol. The monoisotopic (exact) mass is 495 g/mol. The predicted octanol–water partition coefficient (Wildman–Crippen LogP) is 0.339. The van der Waals surface area contributed by atoms with Crippen molar-refractivity contribution in [2.45, 2.75) is 24.5 Å². The number of nitrogens with zero attached hydrogens (tertiary/aromatic N) is 1. The Morgan fingerprint density at radius 3 is 2.32 bits per heavy atom. The van der Waals surface area contributed by atoms with E-state index in [4.69, 9.17) is 23.1 Å². The molecule has 3 atom stereocenters. The summed E-state index contributed by atoms with van der Waals surface area (Å²) in [6, 6.07) is 1.59. The minimum Gasteiger partial charge on any atom is -0.493 e. The summed E-state index contributed by atoms with van der Waals surface area (Å²) in [6.45, 7) is 0.0706. The molecule has 184 valence electrons. The highest BCUT2D eigenvalue weighted by molar-refractivity contribution is 7.86. The van der Waals surface area contributed by atoms with Crippen molar-refractivity contribution in [3.63, 3.8) is 0 Å². The second-order valence-corrected chi connectivity index (χ2v) is 9.89. The average Bonchev–Trinajstić information content (AvgIpc) is 3.01. The number of methoxy groups -OCH3 is 4. The van der Waals surface area contributed by atoms with E-state index in [2.05, 4.69) is 0 Å². The molecule has 3 aliphatic rings. The van der Waals surface area contributed by atoms with Crippen LogP contribution in [0.25, 0.3) is 0 Å². The lowest BCUT2D eigenvalue weighted by Gasteiger charge is -2.51. The van der Waals surface area contributed by atoms with Crippen molar-refractivity contribution in [3.05, 3.63) is 29.3 Å². The number of ether oxygens (including phenoxy) is 4. The summed E-state index contributed by atoms with van der Waals surface area (Å²) < 4.78 is 51.3. The Balaban J connectivity index is 2.16. The van der Waals surface area contributed by atoms with Gasteiger partial charge in [-0.3, -0.25) is 18.6 Å². The van der Waals surface area contributed by atoms with Gasteiger partial charge in [0.2, 0.25) is 5.75 Å². The fourth-order valence-corrected chi connectivity index (χ4v) is 6.18. The van der Waals surface area contributed by atoms with Gasteiger partial charge in [0.15, 0.2) is 28.8 Å². The molecule has 11 nitrogen and oxygen atoms in total. The van der Waals surface area contributed by atoms with Crippen LogP contribution >= 0.6 is 0 Å². The molecule has 1 spiro atoms. The fourth-order valence-electron chi connectivity index (χ4n) is 5.59. The largest absolute Gasteiger partial charge is 0.493 e. The highest BCUT2D eigenvalue weighted by Crippen LogP contribution is 2.63. The summed E-state index contributed by atoms with van der Waals surface area (Å²) in [5.41, 5.74) is -2.63. The lowest BCUT2D eigenvalue weighted by molar-refractivity contribution is -0.161. The van der Waals surface area contributed by atoms with Crippen LogP contribution in [0.4, 0.5) is 0 Å². The number of fused-ring (bicyclic) bond motifs is 1. The number of esters is 1. The van der Waals surface area contributed by atoms with Gasteiger partial charge in [-0.15, -0.1) is 0 Å². The van der Waals surface area contributed by atoms with Crippen LogP contribution in [0.3, 0.4) is 0 Å². The van der Waals surface area contributed by atoms with Crippen LogP contribution in [0.1, 0.15) is 17.5 Å². The van der Waals surface area contributed by atoms with E-state index in [1.165, 1.54) is 32.3 Å². The van der Waals surface area contributed by atoms with Crippen molar-refractivity contribution in [1.29, 1.82) is 0 Å². The number of carbonyl (C=O) groups is 3. The van der Waals surface area contributed by atoms with Crippen LogP contribution in [-0.2, 0) is 45.4 Å². The zero-order valence-corrected chi connectivity index (χ0v) is 20.2. The van der Waals surface area contributed by atoms with E-state index in [1.807, 2.05) is 0 Å². The number of allylic oxidation sites excluding steroid dienone is 1. The molecule has 4 rings (SSSR count). The maximum Gasteiger partial charge on any atom is 0.321 e. The number of hydrogen-bond donors (Lipinski definition) is 0. The first kappa shape index (κ1) is 24.0. The molecule has 1 saturated heterocycles. The van der Waals surface area contributed by atoms with Gasteiger partial charge in [-0.05, 0) is 24.1 Å². The third-order valence-corrected chi connectivity index (χ3v) is 7.31. The number of amides is 1. The molecule has 34 heavy (non-hydrogen) atoms. The Hall–Kier alpha value is -3.12. The van der Waals surface area contributed by atoms with Crippen molar-refractivity contribution >= 4 is 27.8 Å². The minimum atomic E-state index is -4.19. The van der Waals surface area contributed by atoms with Gasteiger partial charge in [0.25, 0.3) is 16.0 Å². The van der Waals surface area contributed by atoms with E-state index in [-0.39, 0.29) is 30.9 Å². The van der Waals surface area contributed by atoms with E-state index < -0.39 is 39.1 Å². The van der Waals surface area contributed by atoms with Crippen molar-refractivity contribution < 1.29 is 45.9 Å². The molecule has 1 amide bonds. The second-order valence-electron chi connectivity index (χ2n) is 8.29. The molecule has 0 bridgehead atoms. The number of benzene rings is 1. The van der Waals surface area contributed by atoms with Gasteiger partial charge in [-0.25, -0.2) is 0 Å². The molecule has 0 N–H and O–H groups in total.